The maximum Gasteiger partial charge on any atom is 0.124 e. The number of pyridine rings is 1. The molecule has 0 amide bonds. The number of benzene rings is 1. The first kappa shape index (κ1) is 22.3. The highest BCUT2D eigenvalue weighted by Gasteiger charge is 2.24. The van der Waals surface area contributed by atoms with Gasteiger partial charge in [0, 0.05) is 38.9 Å². The number of likely N-dealkylation sites (N-methyl/N-ethyl adjacent to an activating group) is 1. The smallest absolute Gasteiger partial charge is 0.124 e. The zero-order valence-electron chi connectivity index (χ0n) is 18.1. The first-order chi connectivity index (χ1) is 15.9. The second-order valence-electron chi connectivity index (χ2n) is 7.52. The largest absolute Gasteiger partial charge is 0.313 e. The van der Waals surface area contributed by atoms with Gasteiger partial charge in [0.15, 0.2) is 0 Å². The summed E-state index contributed by atoms with van der Waals surface area (Å²) in [5.74, 6) is -0.467. The van der Waals surface area contributed by atoms with Crippen molar-refractivity contribution in [2.75, 3.05) is 7.05 Å². The summed E-state index contributed by atoms with van der Waals surface area (Å²) in [6.07, 6.45) is 6.24. The van der Waals surface area contributed by atoms with Gasteiger partial charge in [0.05, 0.1) is 29.0 Å². The van der Waals surface area contributed by atoms with E-state index in [9.17, 15) is 14.9 Å². The average Bonchev–Trinajstić information content (AvgIpc) is 3.17. The van der Waals surface area contributed by atoms with E-state index in [0.717, 1.165) is 21.7 Å². The van der Waals surface area contributed by atoms with Crippen LogP contribution in [0.2, 0.25) is 0 Å². The number of hydrogen-bond acceptors (Lipinski definition) is 6. The Morgan fingerprint density at radius 1 is 1.21 bits per heavy atom. The van der Waals surface area contributed by atoms with Gasteiger partial charge >= 0.3 is 0 Å². The molecule has 1 aliphatic rings. The molecule has 1 aliphatic carbocycles. The van der Waals surface area contributed by atoms with Crippen LogP contribution in [0.25, 0.3) is 16.6 Å². The molecule has 0 radical (unpaired) electrons. The summed E-state index contributed by atoms with van der Waals surface area (Å²) in [5.41, 5.74) is 5.32. The lowest BCUT2D eigenvalue weighted by Gasteiger charge is -2.09. The van der Waals surface area contributed by atoms with Crippen LogP contribution < -0.4 is 5.32 Å². The van der Waals surface area contributed by atoms with Crippen LogP contribution in [0.1, 0.15) is 23.2 Å². The van der Waals surface area contributed by atoms with Gasteiger partial charge in [-0.05, 0) is 44.7 Å². The Bertz CT molecular complexity index is 1440. The molecule has 0 aliphatic heterocycles. The topological polar surface area (TPSA) is 106 Å². The van der Waals surface area contributed by atoms with Gasteiger partial charge in [0.2, 0.25) is 0 Å². The number of nitriles is 2. The maximum absolute atomic E-state index is 13.5. The average molecular weight is 458 g/mol. The van der Waals surface area contributed by atoms with Crippen LogP contribution in [-0.2, 0) is 0 Å². The van der Waals surface area contributed by atoms with Crippen molar-refractivity contribution in [2.45, 2.75) is 29.2 Å². The van der Waals surface area contributed by atoms with Crippen LogP contribution in [0.5, 0.6) is 0 Å². The van der Waals surface area contributed by atoms with E-state index in [1.54, 1.807) is 16.8 Å². The van der Waals surface area contributed by atoms with Crippen LogP contribution in [-0.4, -0.2) is 32.9 Å². The minimum Gasteiger partial charge on any atom is -0.313 e. The van der Waals surface area contributed by atoms with E-state index < -0.39 is 5.82 Å². The lowest BCUT2D eigenvalue weighted by atomic mass is 10.1. The van der Waals surface area contributed by atoms with E-state index in [1.165, 1.54) is 42.1 Å². The maximum atomic E-state index is 13.5. The highest BCUT2D eigenvalue weighted by Crippen LogP contribution is 2.37. The second kappa shape index (κ2) is 9.29. The molecule has 1 atom stereocenters. The minimum absolute atomic E-state index is 0.237. The zero-order chi connectivity index (χ0) is 23.5. The van der Waals surface area contributed by atoms with Gasteiger partial charge < -0.3 is 5.32 Å². The molecule has 164 valence electrons. The highest BCUT2D eigenvalue weighted by molar-refractivity contribution is 7.99. The van der Waals surface area contributed by atoms with E-state index in [-0.39, 0.29) is 5.56 Å². The van der Waals surface area contributed by atoms with Crippen LogP contribution in [0.15, 0.2) is 64.8 Å². The summed E-state index contributed by atoms with van der Waals surface area (Å²) >= 11 is 1.30. The van der Waals surface area contributed by atoms with Gasteiger partial charge in [0.25, 0.3) is 0 Å². The van der Waals surface area contributed by atoms with Gasteiger partial charge in [-0.3, -0.25) is 5.10 Å². The van der Waals surface area contributed by atoms with Crippen molar-refractivity contribution >= 4 is 17.3 Å². The summed E-state index contributed by atoms with van der Waals surface area (Å²) in [7, 11) is 1.96. The zero-order valence-corrected chi connectivity index (χ0v) is 18.9. The predicted octanol–water partition coefficient (Wildman–Crippen LogP) is 4.60. The molecule has 0 saturated heterocycles. The summed E-state index contributed by atoms with van der Waals surface area (Å²) < 4.78 is 15.1. The number of nitrogens with one attached hydrogen (secondary N) is 2. The van der Waals surface area contributed by atoms with Crippen molar-refractivity contribution in [1.82, 2.24) is 25.1 Å². The Hall–Kier alpha value is -3.92. The minimum atomic E-state index is -0.467. The molecule has 4 aromatic rings. The molecule has 1 aromatic carbocycles. The van der Waals surface area contributed by atoms with Crippen LogP contribution in [0.3, 0.4) is 0 Å². The quantitative estimate of drug-likeness (QED) is 0.434. The Morgan fingerprint density at radius 2 is 1.97 bits per heavy atom. The molecule has 0 bridgehead atoms. The molecule has 5 rings (SSSR count). The van der Waals surface area contributed by atoms with Crippen molar-refractivity contribution in [3.8, 4) is 23.3 Å². The molecular formula is C24H20FN7S. The number of aromatic amines is 1. The molecule has 7 nitrogen and oxygen atoms in total. The molecule has 2 N–H and O–H groups in total. The molecule has 1 saturated carbocycles. The van der Waals surface area contributed by atoms with Crippen LogP contribution in [0.4, 0.5) is 4.39 Å². The Kier molecular flexibility index (Phi) is 6.27. The molecule has 0 spiro atoms. The SMILES string of the molecule is C=C1CC1NC.Cc1[nH]ncc1-c1cc(Sc2ccc(F)cc2C#N)c2c(C#N)cnn2c1. The summed E-state index contributed by atoms with van der Waals surface area (Å²) in [4.78, 5) is 1.34. The van der Waals surface area contributed by atoms with Gasteiger partial charge in [-0.1, -0.05) is 23.9 Å². The van der Waals surface area contributed by atoms with Crippen LogP contribution in [0, 0.1) is 35.4 Å². The van der Waals surface area contributed by atoms with Gasteiger partial charge in [-0.2, -0.15) is 20.7 Å². The van der Waals surface area contributed by atoms with Crippen molar-refractivity contribution in [3.05, 3.63) is 77.6 Å². The third kappa shape index (κ3) is 4.65. The molecular weight excluding hydrogens is 437 g/mol. The Morgan fingerprint density at radius 3 is 2.55 bits per heavy atom. The van der Waals surface area contributed by atoms with Gasteiger partial charge in [0.1, 0.15) is 18.0 Å². The normalized spacial score (nSPS) is 14.3. The van der Waals surface area contributed by atoms with Crippen molar-refractivity contribution < 1.29 is 4.39 Å². The number of fused-ring (bicyclic) bond motifs is 1. The van der Waals surface area contributed by atoms with Crippen molar-refractivity contribution in [1.29, 1.82) is 10.5 Å². The first-order valence-electron chi connectivity index (χ1n) is 10.1. The standard InChI is InChI=1S/C19H11FN6S.C5H9N/c1-11-16(9-23-25-11)13-5-18(19-14(7-22)8-24-26(19)10-13)27-17-3-2-15(20)4-12(17)6-21;1-4-3-5(4)6-2/h2-5,8-10H,1H3,(H,23,25);5-6H,1,3H2,2H3. The number of nitrogens with zero attached hydrogens (tertiary/aromatic N) is 5. The third-order valence-electron chi connectivity index (χ3n) is 5.27. The Balaban J connectivity index is 0.000000376. The van der Waals surface area contributed by atoms with E-state index in [2.05, 4.69) is 33.3 Å². The fourth-order valence-electron chi connectivity index (χ4n) is 3.34. The molecule has 1 fully saturated rings. The number of aryl methyl sites for hydroxylation is 1. The lowest BCUT2D eigenvalue weighted by molar-refractivity contribution is 0.626. The fraction of sp³-hybridized carbons (Fsp3) is 0.167. The van der Waals surface area contributed by atoms with Crippen molar-refractivity contribution in [3.63, 3.8) is 0 Å². The molecule has 3 aromatic heterocycles. The third-order valence-corrected chi connectivity index (χ3v) is 6.37. The van der Waals surface area contributed by atoms with E-state index in [0.29, 0.717) is 22.0 Å². The number of halogens is 1. The van der Waals surface area contributed by atoms with E-state index in [1.807, 2.05) is 32.3 Å². The van der Waals surface area contributed by atoms with Gasteiger partial charge in [-0.15, -0.1) is 0 Å². The number of H-pyrrole nitrogens is 1. The second-order valence-corrected chi connectivity index (χ2v) is 8.61. The fourth-order valence-corrected chi connectivity index (χ4v) is 4.41. The molecule has 9 heteroatoms. The summed E-state index contributed by atoms with van der Waals surface area (Å²) in [6.45, 7) is 5.67. The molecule has 33 heavy (non-hydrogen) atoms. The van der Waals surface area contributed by atoms with E-state index in [4.69, 9.17) is 0 Å². The number of rotatable bonds is 4. The summed E-state index contributed by atoms with van der Waals surface area (Å²) in [5, 5.41) is 33.1. The first-order valence-corrected chi connectivity index (χ1v) is 10.9. The van der Waals surface area contributed by atoms with Gasteiger partial charge in [-0.25, -0.2) is 8.91 Å². The van der Waals surface area contributed by atoms with Crippen molar-refractivity contribution in [2.24, 2.45) is 0 Å². The monoisotopic (exact) mass is 457 g/mol. The highest BCUT2D eigenvalue weighted by atomic mass is 32.2. The van der Waals surface area contributed by atoms with Crippen LogP contribution >= 0.6 is 11.8 Å². The number of aromatic nitrogens is 4. The summed E-state index contributed by atoms with van der Waals surface area (Å²) in [6, 6.07) is 10.8. The lowest BCUT2D eigenvalue weighted by Crippen LogP contribution is -2.07. The number of hydrogen-bond donors (Lipinski definition) is 2. The molecule has 1 unspecified atom stereocenters. The molecule has 3 heterocycles. The van der Waals surface area contributed by atoms with E-state index >= 15 is 0 Å². The predicted molar refractivity (Wildman–Crippen MR) is 124 cm³/mol. The Labute approximate surface area is 194 Å².